The molecule has 0 bridgehead atoms. The van der Waals surface area contributed by atoms with Crippen LogP contribution in [-0.4, -0.2) is 33.5 Å². The molecule has 178 valence electrons. The Balaban J connectivity index is 0.00000512. The monoisotopic (exact) mass is 572 g/mol. The third kappa shape index (κ3) is 10.3. The minimum atomic E-state index is -3.32. The molecular formula is C24H37IN4O2S. The topological polar surface area (TPSA) is 82.6 Å². The van der Waals surface area contributed by atoms with Gasteiger partial charge in [0.2, 0.25) is 10.0 Å². The fraction of sp³-hybridized carbons (Fsp3) is 0.458. The van der Waals surface area contributed by atoms with Gasteiger partial charge < -0.3 is 10.6 Å². The molecule has 0 amide bonds. The Kier molecular flexibility index (Phi) is 12.2. The number of halogens is 1. The fourth-order valence-corrected chi connectivity index (χ4v) is 4.65. The van der Waals surface area contributed by atoms with Gasteiger partial charge in [-0.05, 0) is 50.3 Å². The molecule has 2 rings (SSSR count). The lowest BCUT2D eigenvalue weighted by atomic mass is 9.99. The molecule has 0 aliphatic heterocycles. The molecule has 0 aromatic heterocycles. The van der Waals surface area contributed by atoms with Gasteiger partial charge in [0.15, 0.2) is 5.96 Å². The normalized spacial score (nSPS) is 12.9. The summed E-state index contributed by atoms with van der Waals surface area (Å²) >= 11 is 0. The molecule has 0 heterocycles. The van der Waals surface area contributed by atoms with Crippen molar-refractivity contribution in [3.05, 3.63) is 70.8 Å². The van der Waals surface area contributed by atoms with Crippen LogP contribution in [0, 0.1) is 6.92 Å². The lowest BCUT2D eigenvalue weighted by Gasteiger charge is -2.16. The zero-order chi connectivity index (χ0) is 22.9. The van der Waals surface area contributed by atoms with Crippen molar-refractivity contribution < 1.29 is 8.42 Å². The second kappa shape index (κ2) is 13.8. The summed E-state index contributed by atoms with van der Waals surface area (Å²) < 4.78 is 26.8. The molecule has 2 aromatic carbocycles. The third-order valence-electron chi connectivity index (χ3n) is 4.75. The van der Waals surface area contributed by atoms with Gasteiger partial charge in [0.1, 0.15) is 0 Å². The quantitative estimate of drug-likeness (QED) is 0.225. The summed E-state index contributed by atoms with van der Waals surface area (Å²) in [6, 6.07) is 16.0. The molecule has 6 nitrogen and oxygen atoms in total. The van der Waals surface area contributed by atoms with Crippen LogP contribution in [0.4, 0.5) is 0 Å². The van der Waals surface area contributed by atoms with Crippen molar-refractivity contribution in [3.8, 4) is 0 Å². The number of benzene rings is 2. The van der Waals surface area contributed by atoms with Crippen LogP contribution in [0.5, 0.6) is 0 Å². The second-order valence-corrected chi connectivity index (χ2v) is 9.99. The number of guanidine groups is 1. The molecular weight excluding hydrogens is 535 g/mol. The average molecular weight is 573 g/mol. The Morgan fingerprint density at radius 2 is 1.66 bits per heavy atom. The molecule has 0 saturated carbocycles. The largest absolute Gasteiger partial charge is 0.357 e. The van der Waals surface area contributed by atoms with E-state index in [1.807, 2.05) is 45.0 Å². The summed E-state index contributed by atoms with van der Waals surface area (Å²) in [7, 11) is -3.32. The number of hydrogen-bond donors (Lipinski definition) is 3. The van der Waals surface area contributed by atoms with Crippen LogP contribution < -0.4 is 15.4 Å². The predicted octanol–water partition coefficient (Wildman–Crippen LogP) is 4.30. The number of aryl methyl sites for hydroxylation is 1. The Hall–Kier alpha value is -1.65. The second-order valence-electron chi connectivity index (χ2n) is 8.24. The van der Waals surface area contributed by atoms with Gasteiger partial charge in [-0.1, -0.05) is 61.0 Å². The van der Waals surface area contributed by atoms with Crippen LogP contribution in [0.3, 0.4) is 0 Å². The molecule has 0 fully saturated rings. The molecule has 3 N–H and O–H groups in total. The van der Waals surface area contributed by atoms with E-state index in [0.29, 0.717) is 12.5 Å². The molecule has 1 unspecified atom stereocenters. The molecule has 2 aromatic rings. The summed E-state index contributed by atoms with van der Waals surface area (Å²) in [5.74, 6) is 1.12. The highest BCUT2D eigenvalue weighted by atomic mass is 127. The van der Waals surface area contributed by atoms with Crippen LogP contribution in [0.2, 0.25) is 0 Å². The van der Waals surface area contributed by atoms with E-state index in [9.17, 15) is 8.42 Å². The van der Waals surface area contributed by atoms with E-state index in [-0.39, 0.29) is 35.8 Å². The van der Waals surface area contributed by atoms with Crippen LogP contribution in [0.25, 0.3) is 0 Å². The van der Waals surface area contributed by atoms with Gasteiger partial charge >= 0.3 is 0 Å². The van der Waals surface area contributed by atoms with E-state index in [4.69, 9.17) is 0 Å². The summed E-state index contributed by atoms with van der Waals surface area (Å²) in [5, 5.41) is 6.70. The standard InChI is InChI=1S/C24H36N4O2S.HI/c1-6-25-24(26-15-20(5)23-9-7-8-19(4)14-23)27-16-21-10-12-22(13-11-21)17-31(29,30)28-18(2)3;/h7-14,18,20,28H,6,15-17H2,1-5H3,(H2,25,26,27);1H. The van der Waals surface area contributed by atoms with E-state index in [1.54, 1.807) is 0 Å². The molecule has 32 heavy (non-hydrogen) atoms. The Bertz CT molecular complexity index is 960. The smallest absolute Gasteiger partial charge is 0.216 e. The molecule has 8 heteroatoms. The Morgan fingerprint density at radius 3 is 2.25 bits per heavy atom. The molecule has 0 aliphatic carbocycles. The first kappa shape index (κ1) is 28.4. The van der Waals surface area contributed by atoms with Crippen LogP contribution in [0.15, 0.2) is 53.5 Å². The summed E-state index contributed by atoms with van der Waals surface area (Å²) in [6.07, 6.45) is 0. The zero-order valence-electron chi connectivity index (χ0n) is 19.7. The Labute approximate surface area is 210 Å². The first-order valence-electron chi connectivity index (χ1n) is 10.8. The van der Waals surface area contributed by atoms with Gasteiger partial charge in [-0.15, -0.1) is 24.0 Å². The lowest BCUT2D eigenvalue weighted by Crippen LogP contribution is -2.39. The molecule has 1 atom stereocenters. The maximum atomic E-state index is 12.1. The van der Waals surface area contributed by atoms with Crippen LogP contribution >= 0.6 is 24.0 Å². The van der Waals surface area contributed by atoms with E-state index >= 15 is 0 Å². The lowest BCUT2D eigenvalue weighted by molar-refractivity contribution is 0.569. The zero-order valence-corrected chi connectivity index (χ0v) is 22.8. The van der Waals surface area contributed by atoms with Crippen LogP contribution in [-0.2, 0) is 22.3 Å². The number of nitrogens with zero attached hydrogens (tertiary/aromatic N) is 1. The van der Waals surface area contributed by atoms with Crippen molar-refractivity contribution in [1.82, 2.24) is 15.4 Å². The van der Waals surface area contributed by atoms with Gasteiger partial charge in [-0.3, -0.25) is 0 Å². The van der Waals surface area contributed by atoms with E-state index < -0.39 is 10.0 Å². The SMILES string of the molecule is CCNC(=NCc1ccc(CS(=O)(=O)NC(C)C)cc1)NCC(C)c1cccc(C)c1.I. The summed E-state index contributed by atoms with van der Waals surface area (Å²) in [5.41, 5.74) is 4.36. The van der Waals surface area contributed by atoms with Crippen molar-refractivity contribution in [3.63, 3.8) is 0 Å². The molecule has 0 spiro atoms. The van der Waals surface area contributed by atoms with Gasteiger partial charge in [0, 0.05) is 19.1 Å². The maximum absolute atomic E-state index is 12.1. The molecule has 0 radical (unpaired) electrons. The van der Waals surface area contributed by atoms with E-state index in [2.05, 4.69) is 58.5 Å². The highest BCUT2D eigenvalue weighted by Crippen LogP contribution is 2.15. The van der Waals surface area contributed by atoms with Crippen molar-refractivity contribution in [1.29, 1.82) is 0 Å². The summed E-state index contributed by atoms with van der Waals surface area (Å²) in [4.78, 5) is 4.67. The third-order valence-corrected chi connectivity index (χ3v) is 6.29. The number of rotatable bonds is 10. The highest BCUT2D eigenvalue weighted by Gasteiger charge is 2.13. The van der Waals surface area contributed by atoms with Gasteiger partial charge in [-0.2, -0.15) is 0 Å². The van der Waals surface area contributed by atoms with Gasteiger partial charge in [0.05, 0.1) is 12.3 Å². The summed E-state index contributed by atoms with van der Waals surface area (Å²) in [6.45, 7) is 12.1. The molecule has 0 saturated heterocycles. The van der Waals surface area contributed by atoms with Crippen molar-refractivity contribution >= 4 is 40.0 Å². The minimum absolute atomic E-state index is 0. The Morgan fingerprint density at radius 1 is 1.00 bits per heavy atom. The first-order valence-corrected chi connectivity index (χ1v) is 12.5. The molecule has 0 aliphatic rings. The van der Waals surface area contributed by atoms with Gasteiger partial charge in [0.25, 0.3) is 0 Å². The minimum Gasteiger partial charge on any atom is -0.357 e. The fourth-order valence-electron chi connectivity index (χ4n) is 3.22. The van der Waals surface area contributed by atoms with Crippen molar-refractivity contribution in [2.75, 3.05) is 13.1 Å². The highest BCUT2D eigenvalue weighted by molar-refractivity contribution is 14.0. The van der Waals surface area contributed by atoms with Crippen molar-refractivity contribution in [2.24, 2.45) is 4.99 Å². The van der Waals surface area contributed by atoms with E-state index in [1.165, 1.54) is 11.1 Å². The van der Waals surface area contributed by atoms with Crippen LogP contribution in [0.1, 0.15) is 55.9 Å². The van der Waals surface area contributed by atoms with E-state index in [0.717, 1.165) is 30.2 Å². The van der Waals surface area contributed by atoms with Gasteiger partial charge in [-0.25, -0.2) is 18.1 Å². The number of sulfonamides is 1. The average Bonchev–Trinajstić information content (AvgIpc) is 2.69. The van der Waals surface area contributed by atoms with Crippen molar-refractivity contribution in [2.45, 2.75) is 58.9 Å². The number of hydrogen-bond acceptors (Lipinski definition) is 3. The maximum Gasteiger partial charge on any atom is 0.216 e. The first-order chi connectivity index (χ1) is 14.7. The predicted molar refractivity (Wildman–Crippen MR) is 145 cm³/mol. The number of aliphatic imine (C=N–C) groups is 1. The number of nitrogens with one attached hydrogen (secondary N) is 3.